The zero-order valence-corrected chi connectivity index (χ0v) is 7.65. The van der Waals surface area contributed by atoms with E-state index in [4.69, 9.17) is 4.74 Å². The third-order valence-corrected chi connectivity index (χ3v) is 2.36. The largest absolute Gasteiger partial charge is 0.381 e. The van der Waals surface area contributed by atoms with Crippen LogP contribution in [-0.2, 0) is 11.3 Å². The van der Waals surface area contributed by atoms with Crippen molar-refractivity contribution < 1.29 is 4.74 Å². The van der Waals surface area contributed by atoms with Gasteiger partial charge < -0.3 is 4.74 Å². The van der Waals surface area contributed by atoms with Crippen molar-refractivity contribution in [1.82, 2.24) is 9.78 Å². The van der Waals surface area contributed by atoms with E-state index in [-0.39, 0.29) is 0 Å². The highest BCUT2D eigenvalue weighted by Gasteiger charge is 2.16. The molecule has 1 unspecified atom stereocenters. The molecule has 1 aromatic heterocycles. The molecule has 2 rings (SSSR count). The molecule has 0 spiro atoms. The summed E-state index contributed by atoms with van der Waals surface area (Å²) in [4.78, 5) is 0. The lowest BCUT2D eigenvalue weighted by Gasteiger charge is -2.06. The summed E-state index contributed by atoms with van der Waals surface area (Å²) in [6, 6.07) is 0. The zero-order chi connectivity index (χ0) is 9.10. The smallest absolute Gasteiger partial charge is 0.0562 e. The van der Waals surface area contributed by atoms with Gasteiger partial charge in [-0.1, -0.05) is 12.7 Å². The summed E-state index contributed by atoms with van der Waals surface area (Å²) in [6.07, 6.45) is 6.83. The minimum atomic E-state index is 0.637. The first kappa shape index (κ1) is 8.51. The Bertz CT molecular complexity index is 287. The Hall–Kier alpha value is -1.09. The van der Waals surface area contributed by atoms with E-state index in [9.17, 15) is 0 Å². The molecule has 1 aliphatic heterocycles. The van der Waals surface area contributed by atoms with E-state index in [1.807, 2.05) is 23.2 Å². The number of hydrogen-bond acceptors (Lipinski definition) is 2. The quantitative estimate of drug-likeness (QED) is 0.702. The monoisotopic (exact) mass is 178 g/mol. The van der Waals surface area contributed by atoms with E-state index >= 15 is 0 Å². The summed E-state index contributed by atoms with van der Waals surface area (Å²) in [5, 5.41) is 4.24. The Balaban J connectivity index is 1.96. The van der Waals surface area contributed by atoms with E-state index in [1.165, 1.54) is 0 Å². The first-order valence-corrected chi connectivity index (χ1v) is 4.61. The van der Waals surface area contributed by atoms with Crippen molar-refractivity contribution in [3.63, 3.8) is 0 Å². The Kier molecular flexibility index (Phi) is 2.45. The van der Waals surface area contributed by atoms with Crippen LogP contribution in [0.3, 0.4) is 0 Å². The Morgan fingerprint density at radius 2 is 2.69 bits per heavy atom. The number of ether oxygens (including phenoxy) is 1. The van der Waals surface area contributed by atoms with Gasteiger partial charge in [-0.25, -0.2) is 0 Å². The molecule has 1 aromatic rings. The maximum atomic E-state index is 5.30. The van der Waals surface area contributed by atoms with Gasteiger partial charge in [0.2, 0.25) is 0 Å². The molecule has 0 amide bonds. The highest BCUT2D eigenvalue weighted by atomic mass is 16.5. The molecule has 0 radical (unpaired) electrons. The molecule has 2 heterocycles. The molecule has 0 N–H and O–H groups in total. The predicted molar refractivity (Wildman–Crippen MR) is 51.2 cm³/mol. The van der Waals surface area contributed by atoms with Gasteiger partial charge >= 0.3 is 0 Å². The van der Waals surface area contributed by atoms with Crippen molar-refractivity contribution >= 4 is 6.08 Å². The number of aromatic nitrogens is 2. The topological polar surface area (TPSA) is 27.1 Å². The number of hydrogen-bond donors (Lipinski definition) is 0. The Morgan fingerprint density at radius 3 is 3.31 bits per heavy atom. The van der Waals surface area contributed by atoms with Gasteiger partial charge in [0.05, 0.1) is 12.8 Å². The van der Waals surface area contributed by atoms with E-state index in [2.05, 4.69) is 11.7 Å². The highest BCUT2D eigenvalue weighted by molar-refractivity contribution is 5.43. The van der Waals surface area contributed by atoms with Crippen LogP contribution in [0.15, 0.2) is 19.0 Å². The van der Waals surface area contributed by atoms with Gasteiger partial charge in [-0.15, -0.1) is 0 Å². The standard InChI is InChI=1S/C10H14N2O/c1-2-9-5-11-12(6-9)7-10-3-4-13-8-10/h2,5-6,10H,1,3-4,7-8H2. The van der Waals surface area contributed by atoms with Crippen LogP contribution in [0.25, 0.3) is 6.08 Å². The molecule has 0 aromatic carbocycles. The maximum absolute atomic E-state index is 5.30. The van der Waals surface area contributed by atoms with E-state index in [1.54, 1.807) is 0 Å². The predicted octanol–water partition coefficient (Wildman–Crippen LogP) is 1.56. The maximum Gasteiger partial charge on any atom is 0.0562 e. The van der Waals surface area contributed by atoms with Crippen molar-refractivity contribution in [1.29, 1.82) is 0 Å². The summed E-state index contributed by atoms with van der Waals surface area (Å²) in [5.74, 6) is 0.637. The van der Waals surface area contributed by atoms with E-state index < -0.39 is 0 Å². The molecule has 3 nitrogen and oxygen atoms in total. The fraction of sp³-hybridized carbons (Fsp3) is 0.500. The minimum absolute atomic E-state index is 0.637. The van der Waals surface area contributed by atoms with Gasteiger partial charge in [0.15, 0.2) is 0 Å². The number of nitrogens with zero attached hydrogens (tertiary/aromatic N) is 2. The summed E-state index contributed by atoms with van der Waals surface area (Å²) in [7, 11) is 0. The molecule has 1 atom stereocenters. The molecule has 0 bridgehead atoms. The van der Waals surface area contributed by atoms with E-state index in [0.717, 1.165) is 31.7 Å². The first-order valence-electron chi connectivity index (χ1n) is 4.61. The second kappa shape index (κ2) is 3.75. The summed E-state index contributed by atoms with van der Waals surface area (Å²) in [5.41, 5.74) is 1.08. The van der Waals surface area contributed by atoms with Crippen molar-refractivity contribution in [2.75, 3.05) is 13.2 Å². The Labute approximate surface area is 78.0 Å². The van der Waals surface area contributed by atoms with Gasteiger partial charge in [-0.05, 0) is 6.42 Å². The van der Waals surface area contributed by atoms with Crippen molar-refractivity contribution in [3.8, 4) is 0 Å². The fourth-order valence-corrected chi connectivity index (χ4v) is 1.58. The molecule has 1 saturated heterocycles. The van der Waals surface area contributed by atoms with Gasteiger partial charge in [-0.2, -0.15) is 5.10 Å². The van der Waals surface area contributed by atoms with Crippen LogP contribution in [0.1, 0.15) is 12.0 Å². The lowest BCUT2D eigenvalue weighted by molar-refractivity contribution is 0.181. The van der Waals surface area contributed by atoms with Crippen LogP contribution in [0.4, 0.5) is 0 Å². The summed E-state index contributed by atoms with van der Waals surface area (Å²) >= 11 is 0. The number of rotatable bonds is 3. The van der Waals surface area contributed by atoms with Crippen LogP contribution >= 0.6 is 0 Å². The highest BCUT2D eigenvalue weighted by Crippen LogP contribution is 2.14. The molecular formula is C10H14N2O. The lowest BCUT2D eigenvalue weighted by atomic mass is 10.1. The normalized spacial score (nSPS) is 22.0. The third-order valence-electron chi connectivity index (χ3n) is 2.36. The average Bonchev–Trinajstić information content (AvgIpc) is 2.76. The molecule has 1 aliphatic rings. The summed E-state index contributed by atoms with van der Waals surface area (Å²) < 4.78 is 7.27. The van der Waals surface area contributed by atoms with Crippen LogP contribution in [-0.4, -0.2) is 23.0 Å². The third kappa shape index (κ3) is 1.98. The molecule has 3 heteroatoms. The summed E-state index contributed by atoms with van der Waals surface area (Å²) in [6.45, 7) is 6.45. The minimum Gasteiger partial charge on any atom is -0.381 e. The van der Waals surface area contributed by atoms with Gasteiger partial charge in [0.25, 0.3) is 0 Å². The average molecular weight is 178 g/mol. The molecule has 0 saturated carbocycles. The molecular weight excluding hydrogens is 164 g/mol. The van der Waals surface area contributed by atoms with Crippen molar-refractivity contribution in [2.45, 2.75) is 13.0 Å². The van der Waals surface area contributed by atoms with Crippen LogP contribution in [0.2, 0.25) is 0 Å². The van der Waals surface area contributed by atoms with Crippen LogP contribution < -0.4 is 0 Å². The SMILES string of the molecule is C=Cc1cnn(CC2CCOC2)c1. The molecule has 13 heavy (non-hydrogen) atoms. The lowest BCUT2D eigenvalue weighted by Crippen LogP contribution is -2.10. The molecule has 0 aliphatic carbocycles. The van der Waals surface area contributed by atoms with Crippen molar-refractivity contribution in [3.05, 3.63) is 24.5 Å². The van der Waals surface area contributed by atoms with Crippen LogP contribution in [0, 0.1) is 5.92 Å². The molecule has 70 valence electrons. The van der Waals surface area contributed by atoms with Crippen LogP contribution in [0.5, 0.6) is 0 Å². The Morgan fingerprint density at radius 1 is 1.77 bits per heavy atom. The van der Waals surface area contributed by atoms with Gasteiger partial charge in [0.1, 0.15) is 0 Å². The van der Waals surface area contributed by atoms with Gasteiger partial charge in [0, 0.05) is 30.8 Å². The second-order valence-corrected chi connectivity index (χ2v) is 3.43. The zero-order valence-electron chi connectivity index (χ0n) is 7.65. The first-order chi connectivity index (χ1) is 6.38. The molecule has 1 fully saturated rings. The second-order valence-electron chi connectivity index (χ2n) is 3.43. The fourth-order valence-electron chi connectivity index (χ4n) is 1.58. The van der Waals surface area contributed by atoms with Crippen molar-refractivity contribution in [2.24, 2.45) is 5.92 Å². The van der Waals surface area contributed by atoms with E-state index in [0.29, 0.717) is 5.92 Å². The van der Waals surface area contributed by atoms with Gasteiger partial charge in [-0.3, -0.25) is 4.68 Å².